The van der Waals surface area contributed by atoms with Crippen LogP contribution in [0.3, 0.4) is 0 Å². The van der Waals surface area contributed by atoms with Crippen molar-refractivity contribution >= 4 is 17.5 Å². The number of imide groups is 1. The third kappa shape index (κ3) is 1.48. The van der Waals surface area contributed by atoms with Crippen molar-refractivity contribution in [3.63, 3.8) is 0 Å². The lowest BCUT2D eigenvalue weighted by Crippen LogP contribution is -2.50. The number of ether oxygens (including phenoxy) is 1. The van der Waals surface area contributed by atoms with Gasteiger partial charge in [-0.1, -0.05) is 36.4 Å². The predicted molar refractivity (Wildman–Crippen MR) is 76.9 cm³/mol. The highest BCUT2D eigenvalue weighted by Gasteiger charge is 2.66. The van der Waals surface area contributed by atoms with Crippen molar-refractivity contribution < 1.29 is 14.3 Å². The van der Waals surface area contributed by atoms with E-state index in [-0.39, 0.29) is 17.9 Å². The van der Waals surface area contributed by atoms with Crippen molar-refractivity contribution in [3.8, 4) is 0 Å². The first kappa shape index (κ1) is 12.3. The van der Waals surface area contributed by atoms with Gasteiger partial charge in [-0.3, -0.25) is 9.59 Å². The lowest BCUT2D eigenvalue weighted by molar-refractivity contribution is -0.123. The number of para-hydroxylation sites is 1. The van der Waals surface area contributed by atoms with Crippen LogP contribution in [-0.4, -0.2) is 17.9 Å². The third-order valence-electron chi connectivity index (χ3n) is 4.17. The van der Waals surface area contributed by atoms with Crippen LogP contribution >= 0.6 is 0 Å². The van der Waals surface area contributed by atoms with Crippen LogP contribution in [0.5, 0.6) is 0 Å². The Morgan fingerprint density at radius 3 is 2.29 bits per heavy atom. The van der Waals surface area contributed by atoms with E-state index in [9.17, 15) is 9.59 Å². The molecular weight excluding hydrogens is 266 g/mol. The predicted octanol–water partition coefficient (Wildman–Crippen LogP) is 2.49. The SMILES string of the molecule is C[C@H]1O[C@@]12C(=O)N(c1ccccc1)C(=O)c1ccccc12. The minimum absolute atomic E-state index is 0.217. The largest absolute Gasteiger partial charge is 0.351 e. The second-order valence-corrected chi connectivity index (χ2v) is 5.32. The summed E-state index contributed by atoms with van der Waals surface area (Å²) in [6.07, 6.45) is -0.217. The number of hydrogen-bond donors (Lipinski definition) is 0. The molecule has 2 aliphatic heterocycles. The quantitative estimate of drug-likeness (QED) is 0.595. The number of hydrogen-bond acceptors (Lipinski definition) is 3. The van der Waals surface area contributed by atoms with E-state index in [1.165, 1.54) is 4.90 Å². The van der Waals surface area contributed by atoms with Gasteiger partial charge in [-0.05, 0) is 25.1 Å². The van der Waals surface area contributed by atoms with Crippen LogP contribution < -0.4 is 4.90 Å². The van der Waals surface area contributed by atoms with Gasteiger partial charge in [-0.25, -0.2) is 4.90 Å². The van der Waals surface area contributed by atoms with E-state index < -0.39 is 5.60 Å². The number of epoxide rings is 1. The first-order chi connectivity index (χ1) is 10.2. The number of benzene rings is 2. The number of nitrogens with zero attached hydrogens (tertiary/aromatic N) is 1. The summed E-state index contributed by atoms with van der Waals surface area (Å²) in [5, 5.41) is 0. The number of carbonyl (C=O) groups excluding carboxylic acids is 2. The molecule has 2 aliphatic rings. The summed E-state index contributed by atoms with van der Waals surface area (Å²) in [7, 11) is 0. The first-order valence-corrected chi connectivity index (χ1v) is 6.87. The maximum atomic E-state index is 12.9. The lowest BCUT2D eigenvalue weighted by atomic mass is 9.86. The van der Waals surface area contributed by atoms with Crippen LogP contribution in [0.4, 0.5) is 5.69 Å². The second kappa shape index (κ2) is 4.02. The van der Waals surface area contributed by atoms with E-state index in [1.54, 1.807) is 42.5 Å². The van der Waals surface area contributed by atoms with Crippen molar-refractivity contribution in [1.29, 1.82) is 0 Å². The van der Waals surface area contributed by atoms with Crippen LogP contribution in [0.2, 0.25) is 0 Å². The second-order valence-electron chi connectivity index (χ2n) is 5.32. The summed E-state index contributed by atoms with van der Waals surface area (Å²) >= 11 is 0. The van der Waals surface area contributed by atoms with Crippen molar-refractivity contribution in [2.45, 2.75) is 18.6 Å². The fourth-order valence-corrected chi connectivity index (χ4v) is 3.05. The molecule has 0 unspecified atom stereocenters. The number of carbonyl (C=O) groups is 2. The van der Waals surface area contributed by atoms with Crippen molar-refractivity contribution in [2.24, 2.45) is 0 Å². The highest BCUT2D eigenvalue weighted by molar-refractivity contribution is 6.27. The molecule has 0 aliphatic carbocycles. The summed E-state index contributed by atoms with van der Waals surface area (Å²) in [6, 6.07) is 16.1. The molecule has 1 spiro atoms. The van der Waals surface area contributed by atoms with Gasteiger partial charge < -0.3 is 4.74 Å². The highest BCUT2D eigenvalue weighted by atomic mass is 16.6. The van der Waals surface area contributed by atoms with E-state index in [0.29, 0.717) is 16.8 Å². The zero-order valence-electron chi connectivity index (χ0n) is 11.4. The van der Waals surface area contributed by atoms with Crippen LogP contribution in [-0.2, 0) is 15.1 Å². The Morgan fingerprint density at radius 1 is 1.00 bits per heavy atom. The van der Waals surface area contributed by atoms with Crippen molar-refractivity contribution in [1.82, 2.24) is 0 Å². The molecule has 104 valence electrons. The molecule has 0 aromatic heterocycles. The zero-order valence-corrected chi connectivity index (χ0v) is 11.4. The van der Waals surface area contributed by atoms with Crippen LogP contribution in [0.25, 0.3) is 0 Å². The Bertz CT molecular complexity index is 756. The average Bonchev–Trinajstić information content (AvgIpc) is 3.19. The lowest BCUT2D eigenvalue weighted by Gasteiger charge is -2.31. The molecule has 1 fully saturated rings. The van der Waals surface area contributed by atoms with Gasteiger partial charge in [0.05, 0.1) is 11.8 Å². The monoisotopic (exact) mass is 279 g/mol. The van der Waals surface area contributed by atoms with E-state index in [0.717, 1.165) is 0 Å². The van der Waals surface area contributed by atoms with Gasteiger partial charge in [-0.2, -0.15) is 0 Å². The molecule has 21 heavy (non-hydrogen) atoms. The third-order valence-corrected chi connectivity index (χ3v) is 4.17. The molecule has 2 amide bonds. The minimum Gasteiger partial charge on any atom is -0.351 e. The molecule has 4 rings (SSSR count). The topological polar surface area (TPSA) is 49.9 Å². The zero-order chi connectivity index (χ0) is 14.6. The van der Waals surface area contributed by atoms with E-state index >= 15 is 0 Å². The molecular formula is C17H13NO3. The molecule has 2 atom stereocenters. The molecule has 4 nitrogen and oxygen atoms in total. The van der Waals surface area contributed by atoms with Gasteiger partial charge in [0.15, 0.2) is 5.60 Å². The van der Waals surface area contributed by atoms with E-state index in [2.05, 4.69) is 0 Å². The molecule has 1 saturated heterocycles. The highest BCUT2D eigenvalue weighted by Crippen LogP contribution is 2.51. The smallest absolute Gasteiger partial charge is 0.273 e. The van der Waals surface area contributed by atoms with E-state index in [1.807, 2.05) is 19.1 Å². The van der Waals surface area contributed by atoms with Crippen molar-refractivity contribution in [2.75, 3.05) is 4.90 Å². The fourth-order valence-electron chi connectivity index (χ4n) is 3.05. The summed E-state index contributed by atoms with van der Waals surface area (Å²) in [5.74, 6) is -0.597. The van der Waals surface area contributed by atoms with Gasteiger partial charge in [0.2, 0.25) is 0 Å². The molecule has 0 N–H and O–H groups in total. The molecule has 0 saturated carbocycles. The number of anilines is 1. The number of amides is 2. The van der Waals surface area contributed by atoms with Gasteiger partial charge in [0.25, 0.3) is 11.8 Å². The summed E-state index contributed by atoms with van der Waals surface area (Å²) in [4.78, 5) is 26.8. The normalized spacial score (nSPS) is 26.9. The molecule has 2 aromatic rings. The van der Waals surface area contributed by atoms with Gasteiger partial charge in [0.1, 0.15) is 0 Å². The van der Waals surface area contributed by atoms with E-state index in [4.69, 9.17) is 4.74 Å². The summed E-state index contributed by atoms with van der Waals surface area (Å²) in [5.41, 5.74) is 0.787. The molecule has 2 aromatic carbocycles. The van der Waals surface area contributed by atoms with Crippen LogP contribution in [0.15, 0.2) is 54.6 Å². The first-order valence-electron chi connectivity index (χ1n) is 6.87. The van der Waals surface area contributed by atoms with Crippen molar-refractivity contribution in [3.05, 3.63) is 65.7 Å². The van der Waals surface area contributed by atoms with Gasteiger partial charge in [-0.15, -0.1) is 0 Å². The Kier molecular flexibility index (Phi) is 2.35. The molecule has 0 bridgehead atoms. The van der Waals surface area contributed by atoms with Gasteiger partial charge >= 0.3 is 0 Å². The van der Waals surface area contributed by atoms with Crippen LogP contribution in [0, 0.1) is 0 Å². The van der Waals surface area contributed by atoms with Gasteiger partial charge in [0, 0.05) is 11.1 Å². The Hall–Kier alpha value is -2.46. The Labute approximate surface area is 121 Å². The van der Waals surface area contributed by atoms with Crippen LogP contribution in [0.1, 0.15) is 22.8 Å². The molecule has 2 heterocycles. The maximum absolute atomic E-state index is 12.9. The Balaban J connectivity index is 1.93. The maximum Gasteiger partial charge on any atom is 0.273 e. The minimum atomic E-state index is -1.000. The Morgan fingerprint density at radius 2 is 1.62 bits per heavy atom. The standard InChI is InChI=1S/C17H13NO3/c1-11-17(21-11)14-10-6-5-9-13(14)15(19)18(16(17)20)12-7-3-2-4-8-12/h2-11H,1H3/t11-,17+/m1/s1. The summed E-state index contributed by atoms with van der Waals surface area (Å²) in [6.45, 7) is 1.85. The number of rotatable bonds is 1. The average molecular weight is 279 g/mol. The molecule has 4 heteroatoms. The summed E-state index contributed by atoms with van der Waals surface area (Å²) < 4.78 is 5.64. The fraction of sp³-hybridized carbons (Fsp3) is 0.176. The number of fused-ring (bicyclic) bond motifs is 2. The molecule has 0 radical (unpaired) electrons.